The Labute approximate surface area is 146 Å². The molecule has 5 heteroatoms. The molecule has 1 aliphatic heterocycles. The van der Waals surface area contributed by atoms with E-state index in [-0.39, 0.29) is 18.0 Å². The quantitative estimate of drug-likeness (QED) is 0.799. The number of nitrogens with one attached hydrogen (secondary N) is 1. The summed E-state index contributed by atoms with van der Waals surface area (Å²) in [5.41, 5.74) is 2.86. The summed E-state index contributed by atoms with van der Waals surface area (Å²) in [5.74, 6) is 0.0594. The van der Waals surface area contributed by atoms with Crippen LogP contribution < -0.4 is 10.2 Å². The largest absolute Gasteiger partial charge is 0.377 e. The number of fused-ring (bicyclic) bond motifs is 1. The molecule has 0 aromatic heterocycles. The Morgan fingerprint density at radius 1 is 1.17 bits per heavy atom. The molecule has 2 aromatic rings. The lowest BCUT2D eigenvalue weighted by atomic mass is 9.91. The molecule has 1 heterocycles. The van der Waals surface area contributed by atoms with Crippen molar-refractivity contribution in [2.45, 2.75) is 32.4 Å². The molecule has 0 unspecified atom stereocenters. The number of halogens is 2. The third-order valence-electron chi connectivity index (χ3n) is 4.21. The van der Waals surface area contributed by atoms with Gasteiger partial charge in [-0.15, -0.1) is 0 Å². The molecule has 0 spiro atoms. The van der Waals surface area contributed by atoms with Gasteiger partial charge in [0.15, 0.2) is 0 Å². The number of benzene rings is 2. The molecule has 0 saturated heterocycles. The highest BCUT2D eigenvalue weighted by atomic mass is 35.5. The molecule has 1 N–H and O–H groups in total. The summed E-state index contributed by atoms with van der Waals surface area (Å²) in [6, 6.07) is 13.7. The Bertz CT molecular complexity index is 748. The lowest BCUT2D eigenvalue weighted by molar-refractivity contribution is -0.117. The highest BCUT2D eigenvalue weighted by molar-refractivity contribution is 6.43. The van der Waals surface area contributed by atoms with Crippen molar-refractivity contribution in [3.05, 3.63) is 58.1 Å². The Hall–Kier alpha value is -1.71. The lowest BCUT2D eigenvalue weighted by Crippen LogP contribution is -2.43. The van der Waals surface area contributed by atoms with Crippen molar-refractivity contribution in [2.75, 3.05) is 10.2 Å². The van der Waals surface area contributed by atoms with Crippen LogP contribution >= 0.6 is 23.2 Å². The van der Waals surface area contributed by atoms with Crippen LogP contribution in [0.4, 0.5) is 11.4 Å². The van der Waals surface area contributed by atoms with Crippen molar-refractivity contribution in [1.29, 1.82) is 0 Å². The standard InChI is InChI=1S/C18H18Cl2N2O/c1-11-10-16(21-15-8-5-7-14(19)18(15)20)13-6-3-4-9-17(13)22(11)12(2)23/h3-9,11,16,21H,10H2,1-2H3/t11-,16+/m0/s1. The third kappa shape index (κ3) is 3.04. The molecular weight excluding hydrogens is 331 g/mol. The minimum absolute atomic E-state index is 0.0594. The molecular formula is C18H18Cl2N2O. The van der Waals surface area contributed by atoms with Gasteiger partial charge in [-0.1, -0.05) is 47.5 Å². The smallest absolute Gasteiger partial charge is 0.224 e. The topological polar surface area (TPSA) is 32.3 Å². The van der Waals surface area contributed by atoms with Crippen LogP contribution in [-0.2, 0) is 4.79 Å². The van der Waals surface area contributed by atoms with E-state index < -0.39 is 0 Å². The van der Waals surface area contributed by atoms with Crippen LogP contribution in [0.25, 0.3) is 0 Å². The zero-order valence-electron chi connectivity index (χ0n) is 13.0. The van der Waals surface area contributed by atoms with Crippen LogP contribution in [0, 0.1) is 0 Å². The minimum Gasteiger partial charge on any atom is -0.377 e. The second-order valence-corrected chi connectivity index (χ2v) is 6.62. The van der Waals surface area contributed by atoms with Gasteiger partial charge >= 0.3 is 0 Å². The monoisotopic (exact) mass is 348 g/mol. The van der Waals surface area contributed by atoms with Gasteiger partial charge in [-0.2, -0.15) is 0 Å². The normalized spacial score (nSPS) is 20.1. The second-order valence-electron chi connectivity index (χ2n) is 5.83. The van der Waals surface area contributed by atoms with Crippen molar-refractivity contribution >= 4 is 40.5 Å². The molecule has 0 bridgehead atoms. The number of anilines is 2. The van der Waals surface area contributed by atoms with Crippen LogP contribution in [0.3, 0.4) is 0 Å². The maximum atomic E-state index is 12.0. The number of hydrogen-bond acceptors (Lipinski definition) is 2. The number of rotatable bonds is 2. The van der Waals surface area contributed by atoms with Crippen LogP contribution in [0.15, 0.2) is 42.5 Å². The van der Waals surface area contributed by atoms with Gasteiger partial charge in [0.1, 0.15) is 0 Å². The van der Waals surface area contributed by atoms with Crippen LogP contribution in [0.1, 0.15) is 31.9 Å². The van der Waals surface area contributed by atoms with Crippen molar-refractivity contribution in [3.63, 3.8) is 0 Å². The molecule has 3 rings (SSSR count). The fourth-order valence-electron chi connectivity index (χ4n) is 3.23. The highest BCUT2D eigenvalue weighted by Crippen LogP contribution is 2.40. The lowest BCUT2D eigenvalue weighted by Gasteiger charge is -2.39. The summed E-state index contributed by atoms with van der Waals surface area (Å²) in [5, 5.41) is 4.53. The summed E-state index contributed by atoms with van der Waals surface area (Å²) in [6.07, 6.45) is 0.805. The van der Waals surface area contributed by atoms with E-state index in [1.807, 2.05) is 41.3 Å². The van der Waals surface area contributed by atoms with E-state index in [9.17, 15) is 4.79 Å². The maximum absolute atomic E-state index is 12.0. The number of carbonyl (C=O) groups is 1. The predicted octanol–water partition coefficient (Wildman–Crippen LogP) is 5.29. The number of hydrogen-bond donors (Lipinski definition) is 1. The highest BCUT2D eigenvalue weighted by Gasteiger charge is 2.32. The van der Waals surface area contributed by atoms with E-state index in [1.165, 1.54) is 0 Å². The van der Waals surface area contributed by atoms with Crippen molar-refractivity contribution in [1.82, 2.24) is 0 Å². The summed E-state index contributed by atoms with van der Waals surface area (Å²) >= 11 is 12.4. The van der Waals surface area contributed by atoms with Crippen molar-refractivity contribution < 1.29 is 4.79 Å². The first-order valence-electron chi connectivity index (χ1n) is 7.58. The fourth-order valence-corrected chi connectivity index (χ4v) is 3.59. The molecule has 2 aromatic carbocycles. The van der Waals surface area contributed by atoms with Gasteiger partial charge in [0.25, 0.3) is 0 Å². The first-order chi connectivity index (χ1) is 11.0. The van der Waals surface area contributed by atoms with Gasteiger partial charge in [-0.3, -0.25) is 4.79 Å². The van der Waals surface area contributed by atoms with E-state index in [0.29, 0.717) is 10.0 Å². The summed E-state index contributed by atoms with van der Waals surface area (Å²) in [7, 11) is 0. The molecule has 1 amide bonds. The summed E-state index contributed by atoms with van der Waals surface area (Å²) < 4.78 is 0. The Morgan fingerprint density at radius 2 is 1.91 bits per heavy atom. The number of para-hydroxylation sites is 1. The Morgan fingerprint density at radius 3 is 2.65 bits per heavy atom. The van der Waals surface area contributed by atoms with E-state index in [1.54, 1.807) is 13.0 Å². The third-order valence-corrected chi connectivity index (χ3v) is 5.03. The summed E-state index contributed by atoms with van der Waals surface area (Å²) in [4.78, 5) is 13.9. The first-order valence-corrected chi connectivity index (χ1v) is 8.34. The minimum atomic E-state index is 0.0594. The predicted molar refractivity (Wildman–Crippen MR) is 96.5 cm³/mol. The van der Waals surface area contributed by atoms with Gasteiger partial charge < -0.3 is 10.2 Å². The first kappa shape index (κ1) is 16.2. The molecule has 0 saturated carbocycles. The number of amides is 1. The van der Waals surface area contributed by atoms with E-state index in [0.717, 1.165) is 23.4 Å². The van der Waals surface area contributed by atoms with Gasteiger partial charge in [0.05, 0.1) is 21.8 Å². The molecule has 23 heavy (non-hydrogen) atoms. The zero-order chi connectivity index (χ0) is 16.6. The van der Waals surface area contributed by atoms with Crippen molar-refractivity contribution in [3.8, 4) is 0 Å². The molecule has 2 atom stereocenters. The van der Waals surface area contributed by atoms with E-state index in [2.05, 4.69) is 12.2 Å². The van der Waals surface area contributed by atoms with E-state index >= 15 is 0 Å². The van der Waals surface area contributed by atoms with Crippen LogP contribution in [0.5, 0.6) is 0 Å². The SMILES string of the molecule is CC(=O)N1c2ccccc2[C@H](Nc2cccc(Cl)c2Cl)C[C@@H]1C. The van der Waals surface area contributed by atoms with E-state index in [4.69, 9.17) is 23.2 Å². The average molecular weight is 349 g/mol. The fraction of sp³-hybridized carbons (Fsp3) is 0.278. The summed E-state index contributed by atoms with van der Waals surface area (Å²) in [6.45, 7) is 3.67. The van der Waals surface area contributed by atoms with Gasteiger partial charge in [0, 0.05) is 18.7 Å². The number of carbonyl (C=O) groups excluding carboxylic acids is 1. The van der Waals surface area contributed by atoms with Crippen LogP contribution in [0.2, 0.25) is 10.0 Å². The zero-order valence-corrected chi connectivity index (χ0v) is 14.5. The molecule has 120 valence electrons. The Balaban J connectivity index is 1.99. The van der Waals surface area contributed by atoms with Gasteiger partial charge in [0.2, 0.25) is 5.91 Å². The molecule has 1 aliphatic rings. The molecule has 0 radical (unpaired) electrons. The van der Waals surface area contributed by atoms with Crippen molar-refractivity contribution in [2.24, 2.45) is 0 Å². The maximum Gasteiger partial charge on any atom is 0.224 e. The number of nitrogens with zero attached hydrogens (tertiary/aromatic N) is 1. The second kappa shape index (κ2) is 6.42. The van der Waals surface area contributed by atoms with Gasteiger partial charge in [-0.05, 0) is 37.1 Å². The molecule has 0 aliphatic carbocycles. The molecule has 0 fully saturated rings. The van der Waals surface area contributed by atoms with Crippen LogP contribution in [-0.4, -0.2) is 11.9 Å². The Kier molecular flexibility index (Phi) is 4.51. The average Bonchev–Trinajstić information content (AvgIpc) is 2.51. The van der Waals surface area contributed by atoms with Gasteiger partial charge in [-0.25, -0.2) is 0 Å². The molecule has 3 nitrogen and oxygen atoms in total.